The van der Waals surface area contributed by atoms with Crippen molar-refractivity contribution in [3.8, 4) is 0 Å². The van der Waals surface area contributed by atoms with E-state index in [0.29, 0.717) is 6.61 Å². The summed E-state index contributed by atoms with van der Waals surface area (Å²) in [6.45, 7) is 3.67. The second-order valence-corrected chi connectivity index (χ2v) is 4.17. The molecule has 0 aliphatic carbocycles. The Hall–Kier alpha value is -1.95. The van der Waals surface area contributed by atoms with Gasteiger partial charge >= 0.3 is 5.97 Å². The maximum absolute atomic E-state index is 11.6. The van der Waals surface area contributed by atoms with E-state index in [-0.39, 0.29) is 5.69 Å². The van der Waals surface area contributed by atoms with Gasteiger partial charge in [-0.2, -0.15) is 0 Å². The van der Waals surface area contributed by atoms with E-state index in [1.54, 1.807) is 26.0 Å². The third-order valence-electron chi connectivity index (χ3n) is 2.89. The predicted octanol–water partition coefficient (Wildman–Crippen LogP) is 1.99. The molecule has 18 heavy (non-hydrogen) atoms. The highest BCUT2D eigenvalue weighted by atomic mass is 16.7. The summed E-state index contributed by atoms with van der Waals surface area (Å²) in [6.07, 6.45) is -0.391. The number of nitrogens with zero attached hydrogens (tertiary/aromatic N) is 1. The molecule has 2 unspecified atom stereocenters. The second kappa shape index (κ2) is 4.38. The van der Waals surface area contributed by atoms with Gasteiger partial charge in [-0.15, -0.1) is 0 Å². The zero-order valence-corrected chi connectivity index (χ0v) is 10.1. The standard InChI is InChI=1S/C12H13NO5/c1-3-17-11(14)12(2)10(18-12)8-4-6-9(7-5-8)13(15)16/h4-7,10H,3H2,1-2H3. The number of hydrogen-bond donors (Lipinski definition) is 0. The van der Waals surface area contributed by atoms with Crippen molar-refractivity contribution in [2.75, 3.05) is 6.61 Å². The lowest BCUT2D eigenvalue weighted by Crippen LogP contribution is -2.24. The van der Waals surface area contributed by atoms with Gasteiger partial charge in [0.2, 0.25) is 0 Å². The Morgan fingerprint density at radius 3 is 2.61 bits per heavy atom. The zero-order valence-electron chi connectivity index (χ0n) is 10.1. The van der Waals surface area contributed by atoms with Gasteiger partial charge in [0.1, 0.15) is 6.10 Å². The molecular formula is C12H13NO5. The molecule has 1 aromatic carbocycles. The minimum absolute atomic E-state index is 0.0113. The van der Waals surface area contributed by atoms with Crippen LogP contribution >= 0.6 is 0 Å². The van der Waals surface area contributed by atoms with Gasteiger partial charge < -0.3 is 9.47 Å². The predicted molar refractivity (Wildman–Crippen MR) is 62.0 cm³/mol. The van der Waals surface area contributed by atoms with Crippen LogP contribution in [0.3, 0.4) is 0 Å². The van der Waals surface area contributed by atoms with Crippen molar-refractivity contribution < 1.29 is 19.2 Å². The van der Waals surface area contributed by atoms with Crippen LogP contribution in [0.5, 0.6) is 0 Å². The molecule has 0 bridgehead atoms. The molecule has 1 heterocycles. The van der Waals surface area contributed by atoms with E-state index in [1.165, 1.54) is 12.1 Å². The summed E-state index contributed by atoms with van der Waals surface area (Å²) in [6, 6.07) is 5.96. The Morgan fingerprint density at radius 2 is 2.11 bits per heavy atom. The number of ether oxygens (including phenoxy) is 2. The quantitative estimate of drug-likeness (QED) is 0.353. The molecule has 1 aliphatic rings. The first-order chi connectivity index (χ1) is 8.49. The fourth-order valence-electron chi connectivity index (χ4n) is 1.80. The van der Waals surface area contributed by atoms with Crippen LogP contribution in [0.25, 0.3) is 0 Å². The number of nitro benzene ring substituents is 1. The van der Waals surface area contributed by atoms with Crippen LogP contribution in [0, 0.1) is 10.1 Å². The Balaban J connectivity index is 2.11. The molecule has 6 heteroatoms. The summed E-state index contributed by atoms with van der Waals surface area (Å²) in [5.41, 5.74) is -0.222. The summed E-state index contributed by atoms with van der Waals surface area (Å²) < 4.78 is 10.3. The maximum Gasteiger partial charge on any atom is 0.341 e. The Kier molecular flexibility index (Phi) is 3.04. The lowest BCUT2D eigenvalue weighted by Gasteiger charge is -2.05. The van der Waals surface area contributed by atoms with Crippen LogP contribution in [0.15, 0.2) is 24.3 Å². The van der Waals surface area contributed by atoms with E-state index in [9.17, 15) is 14.9 Å². The first kappa shape index (κ1) is 12.5. The number of benzene rings is 1. The molecule has 0 N–H and O–H groups in total. The highest BCUT2D eigenvalue weighted by Crippen LogP contribution is 2.50. The third kappa shape index (κ3) is 2.06. The van der Waals surface area contributed by atoms with E-state index >= 15 is 0 Å². The van der Waals surface area contributed by atoms with Gasteiger partial charge in [-0.1, -0.05) is 0 Å². The molecule has 6 nitrogen and oxygen atoms in total. The Labute approximate surface area is 104 Å². The van der Waals surface area contributed by atoms with Gasteiger partial charge in [-0.05, 0) is 31.5 Å². The van der Waals surface area contributed by atoms with Crippen molar-refractivity contribution in [2.24, 2.45) is 0 Å². The lowest BCUT2D eigenvalue weighted by molar-refractivity contribution is -0.384. The number of hydrogen-bond acceptors (Lipinski definition) is 5. The van der Waals surface area contributed by atoms with Crippen molar-refractivity contribution in [2.45, 2.75) is 25.6 Å². The molecule has 0 amide bonds. The molecule has 1 aliphatic heterocycles. The van der Waals surface area contributed by atoms with Crippen LogP contribution in [0.2, 0.25) is 0 Å². The van der Waals surface area contributed by atoms with Gasteiger partial charge in [-0.25, -0.2) is 4.79 Å². The average Bonchev–Trinajstić information content (AvgIpc) is 3.04. The molecule has 0 radical (unpaired) electrons. The van der Waals surface area contributed by atoms with E-state index in [0.717, 1.165) is 5.56 Å². The van der Waals surface area contributed by atoms with Crippen LogP contribution in [0.1, 0.15) is 25.5 Å². The second-order valence-electron chi connectivity index (χ2n) is 4.17. The summed E-state index contributed by atoms with van der Waals surface area (Å²) in [5.74, 6) is -0.409. The molecular weight excluding hydrogens is 238 g/mol. The van der Waals surface area contributed by atoms with Gasteiger partial charge in [-0.3, -0.25) is 10.1 Å². The first-order valence-electron chi connectivity index (χ1n) is 5.58. The average molecular weight is 251 g/mol. The monoisotopic (exact) mass is 251 g/mol. The number of carbonyl (C=O) groups is 1. The van der Waals surface area contributed by atoms with Gasteiger partial charge in [0.25, 0.3) is 5.69 Å². The van der Waals surface area contributed by atoms with Gasteiger partial charge in [0.05, 0.1) is 11.5 Å². The van der Waals surface area contributed by atoms with Crippen LogP contribution in [-0.4, -0.2) is 23.1 Å². The van der Waals surface area contributed by atoms with Crippen molar-refractivity contribution in [3.05, 3.63) is 39.9 Å². The summed E-state index contributed by atoms with van der Waals surface area (Å²) in [7, 11) is 0. The number of carbonyl (C=O) groups excluding carboxylic acids is 1. The normalized spacial score (nSPS) is 25.6. The topological polar surface area (TPSA) is 82.0 Å². The van der Waals surface area contributed by atoms with Crippen molar-refractivity contribution in [1.29, 1.82) is 0 Å². The smallest absolute Gasteiger partial charge is 0.341 e. The molecule has 1 saturated heterocycles. The summed E-state index contributed by atoms with van der Waals surface area (Å²) in [4.78, 5) is 21.7. The lowest BCUT2D eigenvalue weighted by atomic mass is 10.0. The first-order valence-corrected chi connectivity index (χ1v) is 5.58. The highest BCUT2D eigenvalue weighted by molar-refractivity contribution is 5.83. The van der Waals surface area contributed by atoms with Crippen molar-refractivity contribution >= 4 is 11.7 Å². The molecule has 2 atom stereocenters. The number of rotatable bonds is 4. The summed E-state index contributed by atoms with van der Waals surface area (Å²) in [5, 5.41) is 10.5. The van der Waals surface area contributed by atoms with E-state index < -0.39 is 22.6 Å². The fraction of sp³-hybridized carbons (Fsp3) is 0.417. The van der Waals surface area contributed by atoms with Gasteiger partial charge in [0.15, 0.2) is 5.60 Å². The van der Waals surface area contributed by atoms with Gasteiger partial charge in [0, 0.05) is 12.1 Å². The Morgan fingerprint density at radius 1 is 1.50 bits per heavy atom. The van der Waals surface area contributed by atoms with Crippen molar-refractivity contribution in [1.82, 2.24) is 0 Å². The Bertz CT molecular complexity index is 484. The third-order valence-corrected chi connectivity index (χ3v) is 2.89. The SMILES string of the molecule is CCOC(=O)C1(C)OC1c1ccc([N+](=O)[O-])cc1. The van der Waals surface area contributed by atoms with Crippen molar-refractivity contribution in [3.63, 3.8) is 0 Å². The van der Waals surface area contributed by atoms with E-state index in [1.807, 2.05) is 0 Å². The maximum atomic E-state index is 11.6. The minimum Gasteiger partial charge on any atom is -0.464 e. The molecule has 96 valence electrons. The number of non-ortho nitro benzene ring substituents is 1. The number of nitro groups is 1. The van der Waals surface area contributed by atoms with E-state index in [2.05, 4.69) is 0 Å². The number of epoxide rings is 1. The molecule has 0 saturated carbocycles. The molecule has 2 rings (SSSR count). The minimum atomic E-state index is -0.966. The summed E-state index contributed by atoms with van der Waals surface area (Å²) >= 11 is 0. The van der Waals surface area contributed by atoms with Crippen LogP contribution in [0.4, 0.5) is 5.69 Å². The number of esters is 1. The fourth-order valence-corrected chi connectivity index (χ4v) is 1.80. The zero-order chi connectivity index (χ0) is 13.3. The molecule has 0 spiro atoms. The highest BCUT2D eigenvalue weighted by Gasteiger charge is 2.60. The van der Waals surface area contributed by atoms with E-state index in [4.69, 9.17) is 9.47 Å². The molecule has 1 aromatic rings. The van der Waals surface area contributed by atoms with Crippen LogP contribution < -0.4 is 0 Å². The molecule has 0 aromatic heterocycles. The van der Waals surface area contributed by atoms with Crippen LogP contribution in [-0.2, 0) is 14.3 Å². The molecule has 1 fully saturated rings. The largest absolute Gasteiger partial charge is 0.464 e.